The second-order valence-electron chi connectivity index (χ2n) is 6.59. The molecule has 0 radical (unpaired) electrons. The lowest BCUT2D eigenvalue weighted by Gasteiger charge is -2.26. The van der Waals surface area contributed by atoms with E-state index < -0.39 is 0 Å². The molecule has 0 aliphatic heterocycles. The lowest BCUT2D eigenvalue weighted by Crippen LogP contribution is -2.38. The van der Waals surface area contributed by atoms with Gasteiger partial charge in [0.15, 0.2) is 0 Å². The Morgan fingerprint density at radius 3 is 2.42 bits per heavy atom. The summed E-state index contributed by atoms with van der Waals surface area (Å²) in [6, 6.07) is 17.4. The molecule has 3 rings (SSSR count). The number of aromatic nitrogens is 2. The first-order valence-corrected chi connectivity index (χ1v) is 8.80. The quantitative estimate of drug-likeness (QED) is 0.671. The molecule has 0 unspecified atom stereocenters. The van der Waals surface area contributed by atoms with Crippen LogP contribution in [0, 0.1) is 6.92 Å². The third-order valence-corrected chi connectivity index (χ3v) is 4.25. The van der Waals surface area contributed by atoms with Gasteiger partial charge in [-0.05, 0) is 32.9 Å². The first-order valence-electron chi connectivity index (χ1n) is 8.80. The fourth-order valence-electron chi connectivity index (χ4n) is 2.73. The highest BCUT2D eigenvalue weighted by atomic mass is 16.5. The molecule has 0 fully saturated rings. The van der Waals surface area contributed by atoms with E-state index in [-0.39, 0.29) is 11.9 Å². The normalized spacial score (nSPS) is 10.9. The summed E-state index contributed by atoms with van der Waals surface area (Å²) < 4.78 is 5.37. The Labute approximate surface area is 153 Å². The van der Waals surface area contributed by atoms with Crippen LogP contribution in [0.5, 0.6) is 0 Å². The lowest BCUT2D eigenvalue weighted by atomic mass is 10.1. The molecule has 1 aromatic heterocycles. The molecule has 0 atom stereocenters. The van der Waals surface area contributed by atoms with E-state index in [1.54, 1.807) is 0 Å². The van der Waals surface area contributed by atoms with E-state index in [1.807, 2.05) is 80.3 Å². The molecule has 5 heteroatoms. The summed E-state index contributed by atoms with van der Waals surface area (Å²) in [6.07, 6.45) is 0.523. The van der Waals surface area contributed by atoms with E-state index in [0.29, 0.717) is 30.2 Å². The standard InChI is InChI=1S/C21H23N3O2/c1-15(2)24(21(25)18-7-5-4-6-8-18)14-13-19-22-20(23-26-19)17-11-9-16(3)10-12-17/h4-12,15H,13-14H2,1-3H3. The predicted molar refractivity (Wildman–Crippen MR) is 101 cm³/mol. The van der Waals surface area contributed by atoms with Crippen molar-refractivity contribution in [3.8, 4) is 11.4 Å². The van der Waals surface area contributed by atoms with Gasteiger partial charge in [-0.3, -0.25) is 4.79 Å². The molecular formula is C21H23N3O2. The van der Waals surface area contributed by atoms with Crippen molar-refractivity contribution < 1.29 is 9.32 Å². The van der Waals surface area contributed by atoms with Crippen molar-refractivity contribution in [1.29, 1.82) is 0 Å². The Bertz CT molecular complexity index is 854. The number of carbonyl (C=O) groups excluding carboxylic acids is 1. The molecule has 0 spiro atoms. The fraction of sp³-hybridized carbons (Fsp3) is 0.286. The molecular weight excluding hydrogens is 326 g/mol. The van der Waals surface area contributed by atoms with Gasteiger partial charge in [-0.2, -0.15) is 4.98 Å². The highest BCUT2D eigenvalue weighted by molar-refractivity contribution is 5.94. The van der Waals surface area contributed by atoms with Crippen LogP contribution in [0.25, 0.3) is 11.4 Å². The minimum Gasteiger partial charge on any atom is -0.339 e. The van der Waals surface area contributed by atoms with Crippen LogP contribution in [-0.4, -0.2) is 33.5 Å². The van der Waals surface area contributed by atoms with Crippen LogP contribution in [-0.2, 0) is 6.42 Å². The van der Waals surface area contributed by atoms with Gasteiger partial charge in [0.1, 0.15) is 0 Å². The van der Waals surface area contributed by atoms with Crippen LogP contribution < -0.4 is 0 Å². The third-order valence-electron chi connectivity index (χ3n) is 4.25. The van der Waals surface area contributed by atoms with Gasteiger partial charge in [-0.25, -0.2) is 0 Å². The molecule has 0 saturated heterocycles. The molecule has 0 aliphatic carbocycles. The number of hydrogen-bond acceptors (Lipinski definition) is 4. The number of hydrogen-bond donors (Lipinski definition) is 0. The monoisotopic (exact) mass is 349 g/mol. The van der Waals surface area contributed by atoms with Crippen LogP contribution in [0.4, 0.5) is 0 Å². The van der Waals surface area contributed by atoms with Gasteiger partial charge in [-0.1, -0.05) is 53.2 Å². The zero-order valence-electron chi connectivity index (χ0n) is 15.3. The van der Waals surface area contributed by atoms with Gasteiger partial charge in [0.05, 0.1) is 0 Å². The maximum atomic E-state index is 12.7. The van der Waals surface area contributed by atoms with E-state index in [2.05, 4.69) is 10.1 Å². The van der Waals surface area contributed by atoms with Crippen molar-refractivity contribution in [2.75, 3.05) is 6.54 Å². The molecule has 3 aromatic rings. The Hall–Kier alpha value is -2.95. The molecule has 0 saturated carbocycles. The minimum absolute atomic E-state index is 0.0128. The maximum absolute atomic E-state index is 12.7. The van der Waals surface area contributed by atoms with E-state index in [4.69, 9.17) is 4.52 Å². The third kappa shape index (κ3) is 4.17. The van der Waals surface area contributed by atoms with E-state index in [9.17, 15) is 4.79 Å². The second kappa shape index (κ2) is 7.95. The molecule has 134 valence electrons. The average Bonchev–Trinajstić information content (AvgIpc) is 3.12. The number of carbonyl (C=O) groups is 1. The Morgan fingerprint density at radius 1 is 1.08 bits per heavy atom. The van der Waals surface area contributed by atoms with Gasteiger partial charge < -0.3 is 9.42 Å². The van der Waals surface area contributed by atoms with Crippen molar-refractivity contribution in [3.05, 3.63) is 71.6 Å². The summed E-state index contributed by atoms with van der Waals surface area (Å²) in [5.41, 5.74) is 2.79. The van der Waals surface area contributed by atoms with Crippen molar-refractivity contribution in [2.24, 2.45) is 0 Å². The zero-order chi connectivity index (χ0) is 18.5. The van der Waals surface area contributed by atoms with Crippen molar-refractivity contribution in [1.82, 2.24) is 15.0 Å². The van der Waals surface area contributed by atoms with Crippen molar-refractivity contribution in [2.45, 2.75) is 33.2 Å². The topological polar surface area (TPSA) is 59.2 Å². The van der Waals surface area contributed by atoms with Crippen molar-refractivity contribution in [3.63, 3.8) is 0 Å². The van der Waals surface area contributed by atoms with Gasteiger partial charge in [0, 0.05) is 30.1 Å². The summed E-state index contributed by atoms with van der Waals surface area (Å²) in [6.45, 7) is 6.58. The number of nitrogens with zero attached hydrogens (tertiary/aromatic N) is 3. The van der Waals surface area contributed by atoms with Crippen LogP contribution in [0.1, 0.15) is 35.7 Å². The summed E-state index contributed by atoms with van der Waals surface area (Å²) in [5, 5.41) is 4.05. The molecule has 1 heterocycles. The minimum atomic E-state index is 0.0128. The molecule has 0 N–H and O–H groups in total. The first kappa shape index (κ1) is 17.9. The van der Waals surface area contributed by atoms with E-state index in [1.165, 1.54) is 5.56 Å². The van der Waals surface area contributed by atoms with Gasteiger partial charge >= 0.3 is 0 Å². The molecule has 26 heavy (non-hydrogen) atoms. The molecule has 2 aromatic carbocycles. The molecule has 0 aliphatic rings. The first-order chi connectivity index (χ1) is 12.5. The summed E-state index contributed by atoms with van der Waals surface area (Å²) >= 11 is 0. The van der Waals surface area contributed by atoms with Gasteiger partial charge in [0.2, 0.25) is 11.7 Å². The molecule has 1 amide bonds. The summed E-state index contributed by atoms with van der Waals surface area (Å²) in [5.74, 6) is 1.12. The fourth-order valence-corrected chi connectivity index (χ4v) is 2.73. The highest BCUT2D eigenvalue weighted by Crippen LogP contribution is 2.17. The number of rotatable bonds is 6. The molecule has 5 nitrogen and oxygen atoms in total. The zero-order valence-corrected chi connectivity index (χ0v) is 15.3. The van der Waals surface area contributed by atoms with Crippen molar-refractivity contribution >= 4 is 5.91 Å². The van der Waals surface area contributed by atoms with Gasteiger partial charge in [-0.15, -0.1) is 0 Å². The SMILES string of the molecule is Cc1ccc(-c2noc(CCN(C(=O)c3ccccc3)C(C)C)n2)cc1. The van der Waals surface area contributed by atoms with E-state index >= 15 is 0 Å². The summed E-state index contributed by atoms with van der Waals surface area (Å²) in [4.78, 5) is 19.0. The van der Waals surface area contributed by atoms with Gasteiger partial charge in [0.25, 0.3) is 5.91 Å². The number of amides is 1. The second-order valence-corrected chi connectivity index (χ2v) is 6.59. The van der Waals surface area contributed by atoms with E-state index in [0.717, 1.165) is 5.56 Å². The Morgan fingerprint density at radius 2 is 1.77 bits per heavy atom. The average molecular weight is 349 g/mol. The smallest absolute Gasteiger partial charge is 0.254 e. The van der Waals surface area contributed by atoms with Crippen LogP contribution in [0.3, 0.4) is 0 Å². The van der Waals surface area contributed by atoms with Crippen LogP contribution >= 0.6 is 0 Å². The maximum Gasteiger partial charge on any atom is 0.254 e. The van der Waals surface area contributed by atoms with Crippen LogP contribution in [0.15, 0.2) is 59.1 Å². The largest absolute Gasteiger partial charge is 0.339 e. The number of benzene rings is 2. The summed E-state index contributed by atoms with van der Waals surface area (Å²) in [7, 11) is 0. The predicted octanol–water partition coefficient (Wildman–Crippen LogP) is 4.14. The number of aryl methyl sites for hydroxylation is 1. The van der Waals surface area contributed by atoms with Crippen LogP contribution in [0.2, 0.25) is 0 Å². The Kier molecular flexibility index (Phi) is 5.46. The Balaban J connectivity index is 1.68. The molecule has 0 bridgehead atoms. The highest BCUT2D eigenvalue weighted by Gasteiger charge is 2.19. The lowest BCUT2D eigenvalue weighted by molar-refractivity contribution is 0.0704.